The molecule has 48 heteroatoms. The zero-order valence-electron chi connectivity index (χ0n) is 61.8. The highest BCUT2D eigenvalue weighted by molar-refractivity contribution is 7.87. The molecule has 0 spiro atoms. The van der Waals surface area contributed by atoms with Crippen LogP contribution < -0.4 is 59.2 Å². The second kappa shape index (κ2) is 47.9. The number of ether oxygens (including phenoxy) is 8. The van der Waals surface area contributed by atoms with Gasteiger partial charge in [-0.2, -0.15) is 67.3 Å². The van der Waals surface area contributed by atoms with Gasteiger partial charge in [0.25, 0.3) is 98.7 Å². The van der Waals surface area contributed by atoms with Gasteiger partial charge in [-0.25, -0.2) is 0 Å². The minimum atomic E-state index is -4.51. The van der Waals surface area contributed by atoms with Gasteiger partial charge >= 0.3 is 0 Å². The lowest BCUT2D eigenvalue weighted by Crippen LogP contribution is -2.49. The van der Waals surface area contributed by atoms with Crippen molar-refractivity contribution < 1.29 is 161 Å². The zero-order valence-corrected chi connectivity index (χ0v) is 68.3. The summed E-state index contributed by atoms with van der Waals surface area (Å²) in [6, 6.07) is 7.37. The van der Waals surface area contributed by atoms with Gasteiger partial charge in [0.2, 0.25) is 17.4 Å². The molecule has 112 heavy (non-hydrogen) atoms. The average Bonchev–Trinajstić information content (AvgIpc) is 0.825. The Bertz CT molecular complexity index is 4130. The first-order valence-corrected chi connectivity index (χ1v) is 48.3. The minimum absolute atomic E-state index is 0.000531. The Morgan fingerprint density at radius 2 is 0.571 bits per heavy atom. The lowest BCUT2D eigenvalue weighted by molar-refractivity contribution is -0.123. The molecule has 0 aliphatic heterocycles. The number of hydrogen-bond acceptors (Lipinski definition) is 28. The van der Waals surface area contributed by atoms with Crippen LogP contribution in [-0.4, -0.2) is 251 Å². The Hall–Kier alpha value is -6.78. The molecule has 642 valence electrons. The molecule has 40 nitrogen and oxygen atoms in total. The van der Waals surface area contributed by atoms with E-state index in [2.05, 4.69) is 21.3 Å². The molecule has 0 saturated carbocycles. The second-order valence-electron chi connectivity index (χ2n) is 25.6. The van der Waals surface area contributed by atoms with Gasteiger partial charge < -0.3 is 59.2 Å². The van der Waals surface area contributed by atoms with Crippen molar-refractivity contribution in [1.29, 1.82) is 0 Å². The van der Waals surface area contributed by atoms with E-state index in [0.29, 0.717) is 24.8 Å². The Labute approximate surface area is 653 Å². The summed E-state index contributed by atoms with van der Waals surface area (Å²) in [6.45, 7) is 0.352. The summed E-state index contributed by atoms with van der Waals surface area (Å²) in [5.41, 5.74) is -1.35. The summed E-state index contributed by atoms with van der Waals surface area (Å²) < 4.78 is 307. The second-order valence-corrected chi connectivity index (χ2v) is 38.2. The number of hydrogen-bond donors (Lipinski definition) is 12. The van der Waals surface area contributed by atoms with E-state index in [1.54, 1.807) is 0 Å². The molecule has 12 N–H and O–H groups in total. The lowest BCUT2D eigenvalue weighted by atomic mass is 9.83. The van der Waals surface area contributed by atoms with Crippen LogP contribution in [0.15, 0.2) is 36.4 Å². The van der Waals surface area contributed by atoms with Crippen LogP contribution in [-0.2, 0) is 92.2 Å². The predicted octanol–water partition coefficient (Wildman–Crippen LogP) is 4.26. The van der Waals surface area contributed by atoms with Crippen LogP contribution in [0.3, 0.4) is 0 Å². The number of unbranched alkanes of at least 4 members (excludes halogenated alkanes) is 2. The van der Waals surface area contributed by atoms with E-state index in [1.165, 1.54) is 12.1 Å². The van der Waals surface area contributed by atoms with Crippen molar-refractivity contribution >= 4 is 105 Å². The normalized spacial score (nSPS) is 12.5. The largest absolute Gasteiger partial charge is 0.490 e. The van der Waals surface area contributed by atoms with Crippen LogP contribution in [0.5, 0.6) is 46.0 Å². The number of carbonyl (C=O) groups is 4. The number of rotatable bonds is 62. The van der Waals surface area contributed by atoms with E-state index in [9.17, 15) is 123 Å². The molecule has 0 radical (unpaired) electrons. The van der Waals surface area contributed by atoms with E-state index < -0.39 is 196 Å². The molecule has 0 aromatic heterocycles. The molecule has 0 aliphatic carbocycles. The summed E-state index contributed by atoms with van der Waals surface area (Å²) in [7, 11) is -35.8. The fraction of sp³-hybridized carbons (Fsp3) is 0.656. The highest BCUT2D eigenvalue weighted by Gasteiger charge is 2.32. The molecule has 0 saturated heterocycles. The van der Waals surface area contributed by atoms with Crippen molar-refractivity contribution in [2.45, 2.75) is 148 Å². The van der Waals surface area contributed by atoms with Crippen molar-refractivity contribution in [2.24, 2.45) is 0 Å². The number of amides is 4. The summed E-state index contributed by atoms with van der Waals surface area (Å²) in [5.74, 6) is -10.4. The monoisotopic (exact) mass is 1760 g/mol. The minimum Gasteiger partial charge on any atom is -0.490 e. The predicted molar refractivity (Wildman–Crippen MR) is 405 cm³/mol. The summed E-state index contributed by atoms with van der Waals surface area (Å²) >= 11 is 0. The summed E-state index contributed by atoms with van der Waals surface area (Å²) in [4.78, 5) is 57.0. The van der Waals surface area contributed by atoms with Gasteiger partial charge in [-0.3, -0.25) is 55.6 Å². The average molecular weight is 1760 g/mol. The van der Waals surface area contributed by atoms with Gasteiger partial charge in [0.1, 0.15) is 0 Å². The number of carbonyl (C=O) groups excluding carboxylic acids is 4. The zero-order chi connectivity index (χ0) is 84.0. The van der Waals surface area contributed by atoms with Crippen molar-refractivity contribution in [3.8, 4) is 46.0 Å². The SMILES string of the molecule is CCCCC(=O)NC(CCCNC(=O)c1cc(CCCCS(=O)(=O)O)c(OCCC)c(OCCCS(=O)(=O)O)c1)(CCCNC(=O)c1cc(OCCCS(=O)(=O)O)c(OCCCS(=O)(=O)O)c(OCCCS(=O)(=O)O)c1)CCCNC(=O)c1cc(OCCCS(=O)(=O)O)c(OCCCS(=O)(=O)O)c(OCCCS(=O)(=O)O)c1. The third-order valence-electron chi connectivity index (χ3n) is 15.6. The molecule has 3 aromatic rings. The quantitative estimate of drug-likeness (QED) is 0.0277. The Morgan fingerprint density at radius 1 is 0.312 bits per heavy atom. The van der Waals surface area contributed by atoms with Gasteiger partial charge in [-0.15, -0.1) is 0 Å². The van der Waals surface area contributed by atoms with Crippen LogP contribution in [0.1, 0.15) is 172 Å². The third kappa shape index (κ3) is 45.3. The van der Waals surface area contributed by atoms with E-state index in [4.69, 9.17) is 37.9 Å². The van der Waals surface area contributed by atoms with Gasteiger partial charge in [0, 0.05) is 48.3 Å². The van der Waals surface area contributed by atoms with Gasteiger partial charge in [0.05, 0.1) is 98.9 Å². The van der Waals surface area contributed by atoms with Gasteiger partial charge in [-0.1, -0.05) is 20.3 Å². The van der Waals surface area contributed by atoms with E-state index in [-0.39, 0.29) is 205 Å². The molecular formula is C64H102N4O36S8. The Kier molecular flexibility index (Phi) is 42.5. The van der Waals surface area contributed by atoms with E-state index >= 15 is 0 Å². The fourth-order valence-electron chi connectivity index (χ4n) is 10.6. The van der Waals surface area contributed by atoms with Gasteiger partial charge in [-0.05, 0) is 158 Å². The maximum Gasteiger partial charge on any atom is 0.264 e. The lowest BCUT2D eigenvalue weighted by Gasteiger charge is -2.36. The smallest absolute Gasteiger partial charge is 0.264 e. The molecule has 0 fully saturated rings. The highest BCUT2D eigenvalue weighted by atomic mass is 32.2. The van der Waals surface area contributed by atoms with E-state index in [1.807, 2.05) is 13.8 Å². The Morgan fingerprint density at radius 3 is 0.848 bits per heavy atom. The van der Waals surface area contributed by atoms with Crippen molar-refractivity contribution in [3.05, 3.63) is 58.7 Å². The molecule has 0 heterocycles. The standard InChI is InChI=1S/C64H102N4O36S8/c1-3-5-19-57(69)68-64(20-8-23-65-61(70)49-42-48(18-6-7-34-105(73,74)75)58(102-26-4-2)52(43-49)97-27-11-35-106(76,77)78,21-9-24-66-62(71)50-44-53(98-28-12-36-107(79,80)81)59(103-32-16-40-111(91,92)93)54(45-50)99-29-13-37-108(82,83)84)22-10-25-67-63(72)51-46-55(100-30-14-38-109(85,86)87)60(104-33-17-41-112(94,95)96)56(47-51)101-31-15-39-110(88,89)90/h42-47H,3-41H2,1-2H3,(H,65,70)(H,66,71)(H,67,72)(H,68,69)(H,73,74,75)(H,76,77,78)(H,79,80,81)(H,82,83,84)(H,85,86,87)(H,88,89,90)(H,91,92,93)(H,94,95,96). The molecule has 0 aliphatic rings. The topological polar surface area (TPSA) is 625 Å². The molecule has 0 atom stereocenters. The molecule has 0 bridgehead atoms. The van der Waals surface area contributed by atoms with Crippen molar-refractivity contribution in [3.63, 3.8) is 0 Å². The fourth-order valence-corrected chi connectivity index (χ4v) is 14.5. The van der Waals surface area contributed by atoms with Crippen LogP contribution in [0.2, 0.25) is 0 Å². The highest BCUT2D eigenvalue weighted by Crippen LogP contribution is 2.42. The maximum atomic E-state index is 14.3. The van der Waals surface area contributed by atoms with Crippen molar-refractivity contribution in [1.82, 2.24) is 21.3 Å². The maximum absolute atomic E-state index is 14.3. The molecule has 3 rings (SSSR count). The molecular weight excluding hydrogens is 1660 g/mol. The van der Waals surface area contributed by atoms with Crippen LogP contribution in [0, 0.1) is 0 Å². The van der Waals surface area contributed by atoms with Crippen molar-refractivity contribution in [2.75, 3.05) is 119 Å². The van der Waals surface area contributed by atoms with E-state index in [0.717, 1.165) is 24.3 Å². The molecule has 0 unspecified atom stereocenters. The van der Waals surface area contributed by atoms with Crippen LogP contribution in [0.25, 0.3) is 0 Å². The first-order chi connectivity index (χ1) is 52.1. The summed E-state index contributed by atoms with van der Waals surface area (Å²) in [5, 5.41) is 11.5. The first kappa shape index (κ1) is 99.4. The van der Waals surface area contributed by atoms with Crippen LogP contribution >= 0.6 is 0 Å². The van der Waals surface area contributed by atoms with Crippen LogP contribution in [0.4, 0.5) is 0 Å². The first-order valence-electron chi connectivity index (χ1n) is 35.4. The molecule has 4 amide bonds. The van der Waals surface area contributed by atoms with Gasteiger partial charge in [0.15, 0.2) is 34.5 Å². The summed E-state index contributed by atoms with van der Waals surface area (Å²) in [6.07, 6.45) is -0.0500. The third-order valence-corrected chi connectivity index (χ3v) is 22.1. The number of nitrogens with one attached hydrogen (secondary N) is 4. The Balaban J connectivity index is 2.20. The number of aryl methyl sites for hydroxylation is 1. The molecule has 3 aromatic carbocycles. The number of benzene rings is 3.